The van der Waals surface area contributed by atoms with E-state index in [1.807, 2.05) is 0 Å². The molecule has 0 amide bonds. The minimum absolute atomic E-state index is 0.00138. The van der Waals surface area contributed by atoms with Crippen LogP contribution < -0.4 is 9.46 Å². The Hall–Kier alpha value is -1.90. The Morgan fingerprint density at radius 3 is 2.57 bits per heavy atom. The van der Waals surface area contributed by atoms with Crippen LogP contribution in [0.1, 0.15) is 17.0 Å². The lowest BCUT2D eigenvalue weighted by Gasteiger charge is -2.08. The summed E-state index contributed by atoms with van der Waals surface area (Å²) in [4.78, 5) is -0.00138. The van der Waals surface area contributed by atoms with Crippen molar-refractivity contribution in [2.24, 2.45) is 0 Å². The van der Waals surface area contributed by atoms with E-state index in [0.29, 0.717) is 11.4 Å². The van der Waals surface area contributed by atoms with Gasteiger partial charge in [0.15, 0.2) is 0 Å². The van der Waals surface area contributed by atoms with Gasteiger partial charge in [-0.05, 0) is 24.6 Å². The Balaban J connectivity index is 2.15. The number of hydrogen-bond acceptors (Lipinski definition) is 5. The summed E-state index contributed by atoms with van der Waals surface area (Å²) in [6, 6.07) is 7.06. The summed E-state index contributed by atoms with van der Waals surface area (Å²) < 4.78 is 32.1. The predicted molar refractivity (Wildman–Crippen MR) is 76.3 cm³/mol. The predicted octanol–water partition coefficient (Wildman–Crippen LogP) is 0.698. The van der Waals surface area contributed by atoms with Crippen molar-refractivity contribution >= 4 is 10.0 Å². The number of aliphatic hydroxyl groups is 1. The molecule has 8 heteroatoms. The number of benzene rings is 1. The number of aliphatic hydroxyl groups excluding tert-OH is 1. The summed E-state index contributed by atoms with van der Waals surface area (Å²) in [5.74, 6) is 0.704. The molecule has 0 saturated carbocycles. The van der Waals surface area contributed by atoms with Gasteiger partial charge in [-0.2, -0.15) is 5.10 Å². The van der Waals surface area contributed by atoms with Crippen LogP contribution in [0.2, 0.25) is 0 Å². The normalized spacial score (nSPS) is 11.6. The van der Waals surface area contributed by atoms with Crippen molar-refractivity contribution in [3.63, 3.8) is 0 Å². The number of methoxy groups -OCH3 is 1. The van der Waals surface area contributed by atoms with Crippen molar-refractivity contribution in [3.05, 3.63) is 41.2 Å². The first kappa shape index (κ1) is 15.5. The van der Waals surface area contributed by atoms with Gasteiger partial charge in [0, 0.05) is 6.54 Å². The fourth-order valence-corrected chi connectivity index (χ4v) is 3.30. The third kappa shape index (κ3) is 3.41. The van der Waals surface area contributed by atoms with Gasteiger partial charge in [0.2, 0.25) is 10.0 Å². The average Bonchev–Trinajstić information content (AvgIpc) is 2.87. The van der Waals surface area contributed by atoms with Crippen molar-refractivity contribution in [1.29, 1.82) is 0 Å². The fourth-order valence-electron chi connectivity index (χ4n) is 1.93. The molecule has 0 aliphatic heterocycles. The molecule has 7 nitrogen and oxygen atoms in total. The average molecular weight is 311 g/mol. The first-order chi connectivity index (χ1) is 9.97. The topological polar surface area (TPSA) is 104 Å². The number of rotatable bonds is 6. The summed E-state index contributed by atoms with van der Waals surface area (Å²) in [7, 11) is -2.17. The number of H-pyrrole nitrogens is 1. The molecule has 1 aromatic carbocycles. The molecule has 0 spiro atoms. The van der Waals surface area contributed by atoms with Crippen LogP contribution in [0, 0.1) is 6.92 Å². The minimum Gasteiger partial charge on any atom is -0.497 e. The van der Waals surface area contributed by atoms with Crippen molar-refractivity contribution in [2.45, 2.75) is 25.0 Å². The van der Waals surface area contributed by atoms with Crippen LogP contribution in [0.5, 0.6) is 5.75 Å². The smallest absolute Gasteiger partial charge is 0.244 e. The zero-order chi connectivity index (χ0) is 15.5. The highest BCUT2D eigenvalue weighted by Crippen LogP contribution is 2.18. The van der Waals surface area contributed by atoms with Gasteiger partial charge >= 0.3 is 0 Å². The van der Waals surface area contributed by atoms with Crippen molar-refractivity contribution in [3.8, 4) is 5.75 Å². The first-order valence-electron chi connectivity index (χ1n) is 6.25. The molecule has 0 aliphatic rings. The van der Waals surface area contributed by atoms with Gasteiger partial charge in [0.1, 0.15) is 16.3 Å². The van der Waals surface area contributed by atoms with Crippen LogP contribution >= 0.6 is 0 Å². The van der Waals surface area contributed by atoms with E-state index in [0.717, 1.165) is 5.56 Å². The summed E-state index contributed by atoms with van der Waals surface area (Å²) in [5.41, 5.74) is 1.29. The highest BCUT2D eigenvalue weighted by Gasteiger charge is 2.23. The fraction of sp³-hybridized carbons (Fsp3) is 0.308. The molecular weight excluding hydrogens is 294 g/mol. The maximum absolute atomic E-state index is 12.3. The van der Waals surface area contributed by atoms with E-state index in [1.54, 1.807) is 38.3 Å². The van der Waals surface area contributed by atoms with Gasteiger partial charge in [0.25, 0.3) is 0 Å². The van der Waals surface area contributed by atoms with Gasteiger partial charge in [-0.15, -0.1) is 0 Å². The Labute approximate surface area is 123 Å². The van der Waals surface area contributed by atoms with Crippen LogP contribution in [-0.4, -0.2) is 30.8 Å². The van der Waals surface area contributed by atoms with Gasteiger partial charge in [-0.25, -0.2) is 13.1 Å². The number of nitrogens with one attached hydrogen (secondary N) is 2. The van der Waals surface area contributed by atoms with Crippen LogP contribution in [0.15, 0.2) is 29.2 Å². The van der Waals surface area contributed by atoms with Gasteiger partial charge in [0.05, 0.1) is 19.4 Å². The Kier molecular flexibility index (Phi) is 4.61. The monoisotopic (exact) mass is 311 g/mol. The Morgan fingerprint density at radius 2 is 2.00 bits per heavy atom. The molecule has 114 valence electrons. The van der Waals surface area contributed by atoms with Crippen molar-refractivity contribution in [2.75, 3.05) is 7.11 Å². The lowest BCUT2D eigenvalue weighted by atomic mass is 10.2. The Morgan fingerprint density at radius 1 is 1.33 bits per heavy atom. The highest BCUT2D eigenvalue weighted by atomic mass is 32.2. The van der Waals surface area contributed by atoms with E-state index in [4.69, 9.17) is 9.84 Å². The third-order valence-corrected chi connectivity index (χ3v) is 4.61. The van der Waals surface area contributed by atoms with Gasteiger partial charge < -0.3 is 9.84 Å². The van der Waals surface area contributed by atoms with E-state index < -0.39 is 16.6 Å². The molecular formula is C13H17N3O4S. The second kappa shape index (κ2) is 6.25. The van der Waals surface area contributed by atoms with Crippen molar-refractivity contribution < 1.29 is 18.3 Å². The number of ether oxygens (including phenoxy) is 1. The molecule has 0 bridgehead atoms. The lowest BCUT2D eigenvalue weighted by Crippen LogP contribution is -2.24. The molecule has 0 fully saturated rings. The summed E-state index contributed by atoms with van der Waals surface area (Å²) in [5, 5.41) is 15.5. The molecule has 0 aliphatic carbocycles. The molecule has 0 atom stereocenters. The van der Waals surface area contributed by atoms with E-state index in [2.05, 4.69) is 14.9 Å². The SMILES string of the molecule is COc1ccc(CNS(=O)(=O)c2c(CO)n[nH]c2C)cc1. The van der Waals surface area contributed by atoms with Crippen LogP contribution in [-0.2, 0) is 23.2 Å². The largest absolute Gasteiger partial charge is 0.497 e. The molecule has 2 aromatic rings. The maximum Gasteiger partial charge on any atom is 0.244 e. The number of aryl methyl sites for hydroxylation is 1. The second-order valence-electron chi connectivity index (χ2n) is 4.46. The van der Waals surface area contributed by atoms with Gasteiger partial charge in [-0.1, -0.05) is 12.1 Å². The quantitative estimate of drug-likeness (QED) is 0.728. The van der Waals surface area contributed by atoms with E-state index in [1.165, 1.54) is 0 Å². The number of nitrogens with zero attached hydrogens (tertiary/aromatic N) is 1. The van der Waals surface area contributed by atoms with Crippen molar-refractivity contribution in [1.82, 2.24) is 14.9 Å². The van der Waals surface area contributed by atoms with E-state index in [-0.39, 0.29) is 17.1 Å². The summed E-state index contributed by atoms with van der Waals surface area (Å²) in [6.07, 6.45) is 0. The Bertz CT molecular complexity index is 708. The maximum atomic E-state index is 12.3. The molecule has 21 heavy (non-hydrogen) atoms. The van der Waals surface area contributed by atoms with Crippen LogP contribution in [0.4, 0.5) is 0 Å². The second-order valence-corrected chi connectivity index (χ2v) is 6.16. The number of sulfonamides is 1. The number of aromatic nitrogens is 2. The van der Waals surface area contributed by atoms with E-state index >= 15 is 0 Å². The van der Waals surface area contributed by atoms with Crippen LogP contribution in [0.3, 0.4) is 0 Å². The first-order valence-corrected chi connectivity index (χ1v) is 7.73. The molecule has 0 unspecified atom stereocenters. The summed E-state index contributed by atoms with van der Waals surface area (Å²) in [6.45, 7) is 1.29. The number of hydrogen-bond donors (Lipinski definition) is 3. The number of aromatic amines is 1. The zero-order valence-corrected chi connectivity index (χ0v) is 12.6. The third-order valence-electron chi connectivity index (χ3n) is 3.01. The molecule has 1 heterocycles. The van der Waals surface area contributed by atoms with Crippen LogP contribution in [0.25, 0.3) is 0 Å². The molecule has 0 radical (unpaired) electrons. The van der Waals surface area contributed by atoms with E-state index in [9.17, 15) is 8.42 Å². The zero-order valence-electron chi connectivity index (χ0n) is 11.8. The minimum atomic E-state index is -3.74. The summed E-state index contributed by atoms with van der Waals surface area (Å²) >= 11 is 0. The molecule has 0 saturated heterocycles. The standard InChI is InChI=1S/C13H17N3O4S/c1-9-13(12(8-17)16-15-9)21(18,19)14-7-10-3-5-11(20-2)6-4-10/h3-6,14,17H,7-8H2,1-2H3,(H,15,16). The molecule has 2 rings (SSSR count). The molecule has 3 N–H and O–H groups in total. The highest BCUT2D eigenvalue weighted by molar-refractivity contribution is 7.89. The lowest BCUT2D eigenvalue weighted by molar-refractivity contribution is 0.273. The molecule has 1 aromatic heterocycles. The van der Waals surface area contributed by atoms with Gasteiger partial charge in [-0.3, -0.25) is 5.10 Å².